The lowest BCUT2D eigenvalue weighted by atomic mass is 9.77. The molecule has 0 saturated heterocycles. The zero-order valence-electron chi connectivity index (χ0n) is 21.3. The molecule has 8 heteroatoms. The molecule has 6 nitrogen and oxygen atoms in total. The third-order valence-corrected chi connectivity index (χ3v) is 7.69. The molecule has 3 rings (SSSR count). The van der Waals surface area contributed by atoms with Crippen molar-refractivity contribution in [1.82, 2.24) is 0 Å². The molecule has 192 valence electrons. The molecule has 1 aliphatic rings. The summed E-state index contributed by atoms with van der Waals surface area (Å²) in [5, 5.41) is 39.5. The lowest BCUT2D eigenvalue weighted by molar-refractivity contribution is 0.397. The Labute approximate surface area is 240 Å². The Balaban J connectivity index is 2.38. The summed E-state index contributed by atoms with van der Waals surface area (Å²) < 4.78 is 11.9. The highest BCUT2D eigenvalue weighted by Gasteiger charge is 2.29. The summed E-state index contributed by atoms with van der Waals surface area (Å²) in [5.74, 6) is 1.61. The van der Waals surface area contributed by atoms with Crippen LogP contribution in [0.2, 0.25) is 0 Å². The first kappa shape index (κ1) is 29.0. The van der Waals surface area contributed by atoms with Crippen molar-refractivity contribution in [3.8, 4) is 35.8 Å². The van der Waals surface area contributed by atoms with Crippen LogP contribution in [0.15, 0.2) is 23.3 Å². The third-order valence-electron chi connectivity index (χ3n) is 6.57. The second-order valence-electron chi connectivity index (χ2n) is 8.73. The first-order chi connectivity index (χ1) is 18.5. The largest absolute Gasteiger partial charge is 0.496 e. The molecule has 2 aromatic carbocycles. The number of halogens is 2. The van der Waals surface area contributed by atoms with Crippen molar-refractivity contribution >= 4 is 44.0 Å². The van der Waals surface area contributed by atoms with E-state index in [0.29, 0.717) is 12.8 Å². The summed E-state index contributed by atoms with van der Waals surface area (Å²) in [5.41, 5.74) is 7.59. The Bertz CT molecular complexity index is 1320. The van der Waals surface area contributed by atoms with Gasteiger partial charge in [0.15, 0.2) is 0 Å². The van der Waals surface area contributed by atoms with Gasteiger partial charge in [-0.25, -0.2) is 0 Å². The summed E-state index contributed by atoms with van der Waals surface area (Å²) in [6, 6.07) is 11.9. The highest BCUT2D eigenvalue weighted by Crippen LogP contribution is 2.44. The third kappa shape index (κ3) is 6.11. The summed E-state index contributed by atoms with van der Waals surface area (Å²) in [4.78, 5) is 0. The minimum absolute atomic E-state index is 0.0219. The summed E-state index contributed by atoms with van der Waals surface area (Å²) in [7, 11) is 3.33. The van der Waals surface area contributed by atoms with E-state index in [1.807, 2.05) is 36.4 Å². The van der Waals surface area contributed by atoms with E-state index in [1.165, 1.54) is 0 Å². The maximum Gasteiger partial charge on any atom is 0.130 e. The minimum atomic E-state index is 0.0219. The molecule has 0 N–H and O–H groups in total. The van der Waals surface area contributed by atoms with Gasteiger partial charge in [0.1, 0.15) is 46.9 Å². The van der Waals surface area contributed by atoms with E-state index in [0.717, 1.165) is 92.4 Å². The van der Waals surface area contributed by atoms with Crippen LogP contribution in [0.3, 0.4) is 0 Å². The fraction of sp³-hybridized carbons (Fsp3) is 0.333. The Morgan fingerprint density at radius 3 is 1.39 bits per heavy atom. The van der Waals surface area contributed by atoms with Gasteiger partial charge in [0.05, 0.1) is 14.2 Å². The molecule has 0 unspecified atom stereocenters. The Morgan fingerprint density at radius 1 is 0.711 bits per heavy atom. The zero-order chi connectivity index (χ0) is 27.7. The molecule has 1 aliphatic carbocycles. The van der Waals surface area contributed by atoms with Crippen LogP contribution >= 0.6 is 31.9 Å². The second kappa shape index (κ2) is 13.8. The minimum Gasteiger partial charge on any atom is -0.496 e. The van der Waals surface area contributed by atoms with E-state index in [9.17, 15) is 21.0 Å². The van der Waals surface area contributed by atoms with Gasteiger partial charge in [-0.3, -0.25) is 0 Å². The molecular weight excluding hydrogens is 608 g/mol. The van der Waals surface area contributed by atoms with Crippen molar-refractivity contribution in [2.24, 2.45) is 0 Å². The molecule has 0 spiro atoms. The molecule has 2 aromatic rings. The van der Waals surface area contributed by atoms with Crippen molar-refractivity contribution in [2.45, 2.75) is 38.5 Å². The van der Waals surface area contributed by atoms with Gasteiger partial charge < -0.3 is 9.47 Å². The van der Waals surface area contributed by atoms with Gasteiger partial charge in [0, 0.05) is 28.2 Å². The zero-order valence-corrected chi connectivity index (χ0v) is 24.5. The van der Waals surface area contributed by atoms with Crippen molar-refractivity contribution in [1.29, 1.82) is 21.0 Å². The van der Waals surface area contributed by atoms with Crippen LogP contribution in [0.25, 0.3) is 12.2 Å². The van der Waals surface area contributed by atoms with E-state index < -0.39 is 0 Å². The molecule has 0 amide bonds. The smallest absolute Gasteiger partial charge is 0.130 e. The van der Waals surface area contributed by atoms with Gasteiger partial charge in [-0.15, -0.1) is 0 Å². The molecule has 0 bridgehead atoms. The second-order valence-corrected chi connectivity index (χ2v) is 10.3. The molecule has 0 heterocycles. The van der Waals surface area contributed by atoms with Gasteiger partial charge in [-0.2, -0.15) is 21.0 Å². The monoisotopic (exact) mass is 632 g/mol. The molecular formula is C30H26Br2N4O2. The molecule has 0 aliphatic heterocycles. The average Bonchev–Trinajstić information content (AvgIpc) is 2.95. The lowest BCUT2D eigenvalue weighted by Gasteiger charge is -2.29. The van der Waals surface area contributed by atoms with Gasteiger partial charge in [0.25, 0.3) is 0 Å². The quantitative estimate of drug-likeness (QED) is 0.181. The van der Waals surface area contributed by atoms with Crippen LogP contribution in [0.5, 0.6) is 11.5 Å². The number of methoxy groups -OCH3 is 2. The maximum absolute atomic E-state index is 9.47. The van der Waals surface area contributed by atoms with E-state index in [4.69, 9.17) is 9.47 Å². The molecule has 38 heavy (non-hydrogen) atoms. The van der Waals surface area contributed by atoms with Crippen LogP contribution in [-0.2, 0) is 25.7 Å². The highest BCUT2D eigenvalue weighted by atomic mass is 79.9. The predicted octanol–water partition coefficient (Wildman–Crippen LogP) is 6.71. The number of nitrogens with zero attached hydrogens (tertiary/aromatic N) is 4. The predicted molar refractivity (Wildman–Crippen MR) is 154 cm³/mol. The topological polar surface area (TPSA) is 114 Å². The Hall–Kier alpha value is -3.56. The van der Waals surface area contributed by atoms with Crippen molar-refractivity contribution in [3.63, 3.8) is 0 Å². The number of ether oxygens (including phenoxy) is 2. The summed E-state index contributed by atoms with van der Waals surface area (Å²) in [6.07, 6.45) is 7.60. The van der Waals surface area contributed by atoms with Crippen molar-refractivity contribution in [2.75, 3.05) is 24.9 Å². The van der Waals surface area contributed by atoms with E-state index >= 15 is 0 Å². The number of fused-ring (bicyclic) bond motifs is 2. The number of allylic oxidation sites excluding steroid dienone is 2. The normalized spacial score (nSPS) is 10.9. The highest BCUT2D eigenvalue weighted by molar-refractivity contribution is 9.09. The fourth-order valence-corrected chi connectivity index (χ4v) is 5.54. The molecule has 0 radical (unpaired) electrons. The molecule has 0 atom stereocenters. The first-order valence-electron chi connectivity index (χ1n) is 12.1. The number of hydrogen-bond acceptors (Lipinski definition) is 6. The molecule has 0 fully saturated rings. The summed E-state index contributed by atoms with van der Waals surface area (Å²) >= 11 is 7.02. The first-order valence-corrected chi connectivity index (χ1v) is 14.3. The average molecular weight is 634 g/mol. The van der Waals surface area contributed by atoms with Gasteiger partial charge in [-0.05, 0) is 89.8 Å². The molecule has 0 saturated carbocycles. The number of nitriles is 4. The van der Waals surface area contributed by atoms with Crippen LogP contribution in [0.4, 0.5) is 0 Å². The van der Waals surface area contributed by atoms with Crippen LogP contribution in [0, 0.1) is 45.3 Å². The molecule has 0 aromatic heterocycles. The summed E-state index contributed by atoms with van der Waals surface area (Å²) in [6.45, 7) is 0. The SMILES string of the molecule is COc1c(CCCBr)cc(C=C(C#N)C#N)c2c1Cc1c(c(C=C(C#N)C#N)cc(CCCBr)c1OC)C2. The van der Waals surface area contributed by atoms with Gasteiger partial charge in [-0.1, -0.05) is 31.9 Å². The van der Waals surface area contributed by atoms with E-state index in [-0.39, 0.29) is 11.1 Å². The van der Waals surface area contributed by atoms with Crippen LogP contribution in [-0.4, -0.2) is 24.9 Å². The van der Waals surface area contributed by atoms with E-state index in [2.05, 4.69) is 31.9 Å². The number of benzene rings is 2. The van der Waals surface area contributed by atoms with Gasteiger partial charge >= 0.3 is 0 Å². The number of hydrogen-bond donors (Lipinski definition) is 0. The lowest BCUT2D eigenvalue weighted by Crippen LogP contribution is -2.16. The maximum atomic E-state index is 9.47. The van der Waals surface area contributed by atoms with Gasteiger partial charge in [0.2, 0.25) is 0 Å². The van der Waals surface area contributed by atoms with Crippen LogP contribution in [0.1, 0.15) is 57.3 Å². The fourth-order valence-electron chi connectivity index (χ4n) is 4.98. The number of aryl methyl sites for hydroxylation is 2. The van der Waals surface area contributed by atoms with Crippen molar-refractivity contribution in [3.05, 3.63) is 67.8 Å². The number of alkyl halides is 2. The van der Waals surface area contributed by atoms with E-state index in [1.54, 1.807) is 26.4 Å². The van der Waals surface area contributed by atoms with Crippen LogP contribution < -0.4 is 9.47 Å². The Kier molecular flexibility index (Phi) is 10.6. The number of rotatable bonds is 10. The standard InChI is InChI=1S/C30H26Br2N4O2/c1-37-29-21(5-3-7-31)11-23(9-19(15-33)16-34)25-13-26-24(10-20(17-35)18-36)12-22(6-4-8-32)30(38-2)28(26)14-27(25)29/h9-12H,3-8,13-14H2,1-2H3. The van der Waals surface area contributed by atoms with Crippen molar-refractivity contribution < 1.29 is 9.47 Å². The Morgan fingerprint density at radius 2 is 1.08 bits per heavy atom.